The summed E-state index contributed by atoms with van der Waals surface area (Å²) in [5.74, 6) is 3.16. The van der Waals surface area contributed by atoms with Gasteiger partial charge in [-0.15, -0.1) is 0 Å². The lowest BCUT2D eigenvalue weighted by molar-refractivity contribution is -0.0230. The van der Waals surface area contributed by atoms with Crippen molar-refractivity contribution in [2.24, 2.45) is 0 Å². The van der Waals surface area contributed by atoms with Crippen molar-refractivity contribution < 1.29 is 0 Å². The van der Waals surface area contributed by atoms with Crippen LogP contribution in [0.15, 0.2) is 30.3 Å². The van der Waals surface area contributed by atoms with Crippen molar-refractivity contribution in [3.63, 3.8) is 0 Å². The molecule has 31 heavy (non-hydrogen) atoms. The summed E-state index contributed by atoms with van der Waals surface area (Å²) in [6.07, 6.45) is 11.0. The van der Waals surface area contributed by atoms with E-state index in [1.54, 1.807) is 5.56 Å². The van der Waals surface area contributed by atoms with Gasteiger partial charge in [0.25, 0.3) is 0 Å². The Bertz CT molecular complexity index is 806. The van der Waals surface area contributed by atoms with Crippen molar-refractivity contribution >= 4 is 6.71 Å². The van der Waals surface area contributed by atoms with Crippen LogP contribution in [0.1, 0.15) is 62.8 Å². The topological polar surface area (TPSA) is 54.6 Å². The predicted molar refractivity (Wildman–Crippen MR) is 122 cm³/mol. The van der Waals surface area contributed by atoms with E-state index in [4.69, 9.17) is 0 Å². The molecule has 0 bridgehead atoms. The van der Waals surface area contributed by atoms with Crippen LogP contribution in [0.25, 0.3) is 0 Å². The van der Waals surface area contributed by atoms with Gasteiger partial charge in [0.2, 0.25) is 0 Å². The number of hydrazine groups is 4. The minimum atomic E-state index is 0.634. The zero-order valence-electron chi connectivity index (χ0n) is 18.3. The number of nitrogens with one attached hydrogen (secondary N) is 4. The maximum Gasteiger partial charge on any atom is 0.157 e. The highest BCUT2D eigenvalue weighted by Gasteiger charge is 2.67. The molecule has 0 aromatic heterocycles. The van der Waals surface area contributed by atoms with E-state index in [0.717, 1.165) is 24.2 Å². The number of hydrogen-bond acceptors (Lipinski definition) is 6. The summed E-state index contributed by atoms with van der Waals surface area (Å²) in [4.78, 5) is 0. The van der Waals surface area contributed by atoms with E-state index in [1.165, 1.54) is 51.4 Å². The number of rotatable bonds is 1. The third-order valence-electron chi connectivity index (χ3n) is 10.6. The van der Waals surface area contributed by atoms with Gasteiger partial charge in [-0.3, -0.25) is 0 Å². The Morgan fingerprint density at radius 1 is 0.742 bits per heavy atom. The first-order valence-corrected chi connectivity index (χ1v) is 13.0. The number of nitrogens with zero attached hydrogens (tertiary/aromatic N) is 2. The largest absolute Gasteiger partial charge is 0.239 e. The normalized spacial score (nSPS) is 50.6. The summed E-state index contributed by atoms with van der Waals surface area (Å²) in [5.41, 5.74) is 16.5. The van der Waals surface area contributed by atoms with Gasteiger partial charge in [0, 0.05) is 36.3 Å². The molecule has 1 aromatic carbocycles. The van der Waals surface area contributed by atoms with Gasteiger partial charge < -0.3 is 0 Å². The lowest BCUT2D eigenvalue weighted by Crippen LogP contribution is -2.73. The fraction of sp³-hybridized carbons (Fsp3) is 0.750. The fourth-order valence-electron chi connectivity index (χ4n) is 9.70. The summed E-state index contributed by atoms with van der Waals surface area (Å²) in [5, 5.41) is 5.48. The highest BCUT2D eigenvalue weighted by atomic mass is 15.8. The van der Waals surface area contributed by atoms with Gasteiger partial charge in [0.05, 0.1) is 0 Å². The average Bonchev–Trinajstić information content (AvgIpc) is 3.46. The van der Waals surface area contributed by atoms with E-state index in [9.17, 15) is 0 Å². The second-order valence-corrected chi connectivity index (χ2v) is 11.6. The molecule has 0 spiro atoms. The Hall–Kier alpha value is -0.955. The molecular weight excluding hydrogens is 383 g/mol. The minimum Gasteiger partial charge on any atom is -0.239 e. The van der Waals surface area contributed by atoms with Crippen LogP contribution in [0, 0.1) is 0 Å². The standard InChI is InChI=1S/C24H35BN6/c1-2-6-14(7-3-1)15-12-20-22-21(13-15)31-24-17(9-5-11-19(24)27-29-31)25(22)16-8-4-10-18-23(16)30(20)28-26-18/h1-3,6-7,15-24,26-29H,4-5,8-13H2. The Morgan fingerprint density at radius 3 is 1.90 bits per heavy atom. The van der Waals surface area contributed by atoms with E-state index >= 15 is 0 Å². The van der Waals surface area contributed by atoms with Crippen LogP contribution in [-0.4, -0.2) is 53.0 Å². The summed E-state index contributed by atoms with van der Waals surface area (Å²) in [6.45, 7) is 0.906. The molecule has 7 aliphatic rings. The van der Waals surface area contributed by atoms with Crippen LogP contribution in [0.2, 0.25) is 17.5 Å². The van der Waals surface area contributed by atoms with Gasteiger partial charge in [-0.1, -0.05) is 56.0 Å². The number of benzene rings is 1. The Labute approximate surface area is 185 Å². The molecular formula is C24H35BN6. The Morgan fingerprint density at radius 2 is 1.32 bits per heavy atom. The zero-order valence-corrected chi connectivity index (χ0v) is 18.3. The number of hydrogen-bond donors (Lipinski definition) is 4. The molecule has 8 unspecified atom stereocenters. The van der Waals surface area contributed by atoms with E-state index in [1.807, 2.05) is 0 Å². The first-order chi connectivity index (χ1) is 15.4. The zero-order chi connectivity index (χ0) is 20.1. The van der Waals surface area contributed by atoms with Crippen molar-refractivity contribution in [3.8, 4) is 0 Å². The van der Waals surface area contributed by atoms with Crippen LogP contribution < -0.4 is 21.9 Å². The van der Waals surface area contributed by atoms with Crippen LogP contribution in [0.4, 0.5) is 0 Å². The van der Waals surface area contributed by atoms with Gasteiger partial charge >= 0.3 is 0 Å². The third kappa shape index (κ3) is 2.45. The lowest BCUT2D eigenvalue weighted by atomic mass is 9.18. The van der Waals surface area contributed by atoms with Crippen molar-refractivity contribution in [1.29, 1.82) is 0 Å². The van der Waals surface area contributed by atoms with Crippen molar-refractivity contribution in [3.05, 3.63) is 35.9 Å². The highest BCUT2D eigenvalue weighted by Crippen LogP contribution is 2.62. The van der Waals surface area contributed by atoms with Gasteiger partial charge in [-0.05, 0) is 54.6 Å². The van der Waals surface area contributed by atoms with E-state index in [-0.39, 0.29) is 0 Å². The van der Waals surface area contributed by atoms with Crippen LogP contribution in [0.5, 0.6) is 0 Å². The van der Waals surface area contributed by atoms with Crippen molar-refractivity contribution in [1.82, 2.24) is 31.9 Å². The first-order valence-electron chi connectivity index (χ1n) is 13.0. The summed E-state index contributed by atoms with van der Waals surface area (Å²) < 4.78 is 0. The quantitative estimate of drug-likeness (QED) is 0.526. The molecule has 1 aromatic rings. The van der Waals surface area contributed by atoms with Crippen LogP contribution in [0.3, 0.4) is 0 Å². The molecule has 0 radical (unpaired) electrons. The molecule has 4 saturated heterocycles. The summed E-state index contributed by atoms with van der Waals surface area (Å²) in [7, 11) is 0. The summed E-state index contributed by atoms with van der Waals surface area (Å²) in [6, 6.07) is 15.3. The molecule has 0 amide bonds. The predicted octanol–water partition coefficient (Wildman–Crippen LogP) is 2.43. The number of fused-ring (bicyclic) bond motifs is 4. The molecule has 4 aliphatic heterocycles. The highest BCUT2D eigenvalue weighted by molar-refractivity contribution is 6.65. The second-order valence-electron chi connectivity index (χ2n) is 11.6. The molecule has 7 fully saturated rings. The third-order valence-corrected chi connectivity index (χ3v) is 10.6. The molecule has 164 valence electrons. The van der Waals surface area contributed by atoms with Gasteiger partial charge in [-0.2, -0.15) is 11.1 Å². The molecule has 8 rings (SSSR count). The van der Waals surface area contributed by atoms with Crippen molar-refractivity contribution in [2.75, 3.05) is 0 Å². The SMILES string of the molecule is c1ccc(C2CC3C4B(C5CCCC6NNN3C65)C3CCCC5NNN(C4C2)C53)cc1. The smallest absolute Gasteiger partial charge is 0.157 e. The molecule has 8 atom stereocenters. The lowest BCUT2D eigenvalue weighted by Gasteiger charge is -2.64. The minimum absolute atomic E-state index is 0.634. The molecule has 6 nitrogen and oxygen atoms in total. The molecule has 3 aliphatic carbocycles. The molecule has 7 heteroatoms. The monoisotopic (exact) mass is 418 g/mol. The van der Waals surface area contributed by atoms with Crippen molar-refractivity contribution in [2.45, 2.75) is 111 Å². The van der Waals surface area contributed by atoms with E-state index in [0.29, 0.717) is 42.2 Å². The second kappa shape index (κ2) is 6.78. The van der Waals surface area contributed by atoms with Crippen LogP contribution >= 0.6 is 0 Å². The molecule has 4 heterocycles. The van der Waals surface area contributed by atoms with Crippen LogP contribution in [-0.2, 0) is 0 Å². The maximum absolute atomic E-state index is 3.74. The Kier molecular flexibility index (Phi) is 4.04. The van der Waals surface area contributed by atoms with E-state index in [2.05, 4.69) is 62.3 Å². The Balaban J connectivity index is 1.25. The van der Waals surface area contributed by atoms with Gasteiger partial charge in [0.1, 0.15) is 0 Å². The molecule has 4 N–H and O–H groups in total. The average molecular weight is 418 g/mol. The maximum atomic E-state index is 3.74. The summed E-state index contributed by atoms with van der Waals surface area (Å²) >= 11 is 0. The first kappa shape index (κ1) is 18.5. The van der Waals surface area contributed by atoms with Gasteiger partial charge in [-0.25, -0.2) is 20.9 Å². The van der Waals surface area contributed by atoms with E-state index < -0.39 is 0 Å². The van der Waals surface area contributed by atoms with Gasteiger partial charge in [0.15, 0.2) is 6.71 Å². The fourth-order valence-corrected chi connectivity index (χ4v) is 9.70. The molecule has 3 saturated carbocycles.